The van der Waals surface area contributed by atoms with Crippen LogP contribution in [-0.4, -0.2) is 29.3 Å². The van der Waals surface area contributed by atoms with Crippen LogP contribution in [0, 0.1) is 0 Å². The predicted molar refractivity (Wildman–Crippen MR) is 21.3 cm³/mol. The molecule has 2 atom stereocenters. The van der Waals surface area contributed by atoms with Gasteiger partial charge < -0.3 is 19.7 Å². The van der Waals surface area contributed by atoms with Gasteiger partial charge in [-0.1, -0.05) is 0 Å². The largest absolute Gasteiger partial charge is 1.00 e. The van der Waals surface area contributed by atoms with E-state index in [2.05, 4.69) is 4.74 Å². The molecule has 1 saturated heterocycles. The van der Waals surface area contributed by atoms with Gasteiger partial charge in [-0.25, -0.2) is 4.79 Å². The van der Waals surface area contributed by atoms with Crippen molar-refractivity contribution in [3.8, 4) is 0 Å². The van der Waals surface area contributed by atoms with Crippen molar-refractivity contribution >= 4 is 11.9 Å². The molecule has 1 heterocycles. The van der Waals surface area contributed by atoms with Crippen LogP contribution in [0.5, 0.6) is 0 Å². The maximum Gasteiger partial charge on any atom is 1.00 e. The number of aliphatic carboxylic acids is 2. The summed E-state index contributed by atoms with van der Waals surface area (Å²) < 4.78 is 4.18. The number of carbonyl (C=O) groups is 2. The van der Waals surface area contributed by atoms with Crippen molar-refractivity contribution in [2.24, 2.45) is 0 Å². The summed E-state index contributed by atoms with van der Waals surface area (Å²) in [6, 6.07) is 0. The van der Waals surface area contributed by atoms with E-state index in [0.29, 0.717) is 0 Å². The average molecular weight is 170 g/mol. The van der Waals surface area contributed by atoms with E-state index in [-0.39, 0.29) is 51.4 Å². The average Bonchev–Trinajstić information content (AvgIpc) is 2.39. The zero-order valence-corrected chi connectivity index (χ0v) is 8.36. The maximum atomic E-state index is 9.86. The third-order valence-electron chi connectivity index (χ3n) is 0.967. The van der Waals surface area contributed by atoms with Gasteiger partial charge in [0.1, 0.15) is 6.10 Å². The van der Waals surface area contributed by atoms with E-state index < -0.39 is 24.1 Å². The minimum absolute atomic E-state index is 0. The van der Waals surface area contributed by atoms with Crippen LogP contribution in [0.15, 0.2) is 0 Å². The van der Waals surface area contributed by atoms with Gasteiger partial charge in [-0.2, -0.15) is 0 Å². The molecule has 1 aliphatic rings. The van der Waals surface area contributed by atoms with E-state index in [9.17, 15) is 14.7 Å². The monoisotopic (exact) mass is 170 g/mol. The first-order valence-electron chi connectivity index (χ1n) is 2.22. The quantitative estimate of drug-likeness (QED) is 0.330. The van der Waals surface area contributed by atoms with Crippen LogP contribution in [0.4, 0.5) is 0 Å². The topological polar surface area (TPSA) is 90.0 Å². The molecule has 0 saturated carbocycles. The number of carboxylic acids is 2. The Morgan fingerprint density at radius 3 is 2.00 bits per heavy atom. The van der Waals surface area contributed by atoms with Crippen molar-refractivity contribution in [3.63, 3.8) is 0 Å². The van der Waals surface area contributed by atoms with E-state index >= 15 is 0 Å². The van der Waals surface area contributed by atoms with Crippen LogP contribution in [0.2, 0.25) is 0 Å². The van der Waals surface area contributed by atoms with Crippen LogP contribution in [-0.2, 0) is 14.3 Å². The van der Waals surface area contributed by atoms with Gasteiger partial charge in [0.25, 0.3) is 0 Å². The van der Waals surface area contributed by atoms with Gasteiger partial charge in [-0.3, -0.25) is 0 Å². The Balaban J connectivity index is 0.000000810. The fourth-order valence-electron chi connectivity index (χ4n) is 0.479. The van der Waals surface area contributed by atoms with Crippen molar-refractivity contribution in [2.45, 2.75) is 12.2 Å². The molecule has 0 aromatic heterocycles. The number of carbonyl (C=O) groups excluding carboxylic acids is 1. The molecule has 1 fully saturated rings. The van der Waals surface area contributed by atoms with Gasteiger partial charge in [0, 0.05) is 0 Å². The molecular weight excluding hydrogens is 167 g/mol. The summed E-state index contributed by atoms with van der Waals surface area (Å²) in [7, 11) is 0. The van der Waals surface area contributed by atoms with E-state index in [4.69, 9.17) is 5.11 Å². The molecule has 5 nitrogen and oxygen atoms in total. The van der Waals surface area contributed by atoms with Gasteiger partial charge in [0.15, 0.2) is 6.10 Å². The van der Waals surface area contributed by atoms with Gasteiger partial charge in [-0.05, 0) is 0 Å². The zero-order chi connectivity index (χ0) is 7.02. The van der Waals surface area contributed by atoms with Gasteiger partial charge in [-0.15, -0.1) is 0 Å². The summed E-state index contributed by atoms with van der Waals surface area (Å²) in [4.78, 5) is 19.6. The molecule has 1 rings (SSSR count). The number of ether oxygens (including phenoxy) is 1. The van der Waals surface area contributed by atoms with E-state index in [0.717, 1.165) is 0 Å². The van der Waals surface area contributed by atoms with Crippen LogP contribution in [0.1, 0.15) is 0 Å². The van der Waals surface area contributed by atoms with Crippen molar-refractivity contribution in [3.05, 3.63) is 0 Å². The van der Waals surface area contributed by atoms with Crippen molar-refractivity contribution in [1.29, 1.82) is 0 Å². The van der Waals surface area contributed by atoms with Crippen LogP contribution in [0.25, 0.3) is 0 Å². The van der Waals surface area contributed by atoms with E-state index in [1.54, 1.807) is 0 Å². The Morgan fingerprint density at radius 1 is 1.40 bits per heavy atom. The molecule has 10 heavy (non-hydrogen) atoms. The molecule has 0 aliphatic carbocycles. The second-order valence-electron chi connectivity index (χ2n) is 1.63. The molecule has 0 spiro atoms. The first kappa shape index (κ1) is 10.5. The molecule has 0 amide bonds. The number of carboxylic acid groups (broad SMARTS) is 2. The van der Waals surface area contributed by atoms with Crippen molar-refractivity contribution < 1.29 is 75.9 Å². The number of rotatable bonds is 2. The number of hydrogen-bond acceptors (Lipinski definition) is 4. The summed E-state index contributed by atoms with van der Waals surface area (Å²) in [5, 5.41) is 17.8. The maximum absolute atomic E-state index is 9.86. The molecule has 1 N–H and O–H groups in total. The second-order valence-corrected chi connectivity index (χ2v) is 1.63. The summed E-state index contributed by atoms with van der Waals surface area (Å²) in [6.07, 6.45) is -2.42. The molecule has 0 aromatic carbocycles. The summed E-state index contributed by atoms with van der Waals surface area (Å²) in [5.74, 6) is -2.73. The number of epoxide rings is 1. The Bertz CT molecular complexity index is 149. The third-order valence-corrected chi connectivity index (χ3v) is 0.967. The molecular formula is C4H3KO5. The van der Waals surface area contributed by atoms with Crippen molar-refractivity contribution in [1.82, 2.24) is 0 Å². The van der Waals surface area contributed by atoms with Crippen LogP contribution < -0.4 is 56.5 Å². The summed E-state index contributed by atoms with van der Waals surface area (Å²) in [5.41, 5.74) is 0. The van der Waals surface area contributed by atoms with E-state index in [1.807, 2.05) is 0 Å². The van der Waals surface area contributed by atoms with Crippen LogP contribution in [0.3, 0.4) is 0 Å². The zero-order valence-electron chi connectivity index (χ0n) is 5.23. The van der Waals surface area contributed by atoms with Gasteiger partial charge >= 0.3 is 57.4 Å². The predicted octanol–water partition coefficient (Wildman–Crippen LogP) is -5.41. The molecule has 0 bridgehead atoms. The molecule has 50 valence electrons. The summed E-state index contributed by atoms with van der Waals surface area (Å²) in [6.45, 7) is 0. The van der Waals surface area contributed by atoms with Gasteiger partial charge in [0.2, 0.25) is 0 Å². The fraction of sp³-hybridized carbons (Fsp3) is 0.500. The number of hydrogen-bond donors (Lipinski definition) is 1. The molecule has 1 aliphatic heterocycles. The Kier molecular flexibility index (Phi) is 4.00. The Morgan fingerprint density at radius 2 is 1.90 bits per heavy atom. The normalized spacial score (nSPS) is 28.4. The SMILES string of the molecule is O=C([O-])[C@H]1O[C@H]1C(=O)O.[K+]. The van der Waals surface area contributed by atoms with Gasteiger partial charge in [0.05, 0.1) is 5.97 Å². The molecule has 0 radical (unpaired) electrons. The first-order valence-corrected chi connectivity index (χ1v) is 2.22. The first-order chi connectivity index (χ1) is 4.13. The fourth-order valence-corrected chi connectivity index (χ4v) is 0.479. The molecule has 0 unspecified atom stereocenters. The molecule has 0 aromatic rings. The molecule has 6 heteroatoms. The third kappa shape index (κ3) is 2.29. The van der Waals surface area contributed by atoms with E-state index in [1.165, 1.54) is 0 Å². The standard InChI is InChI=1S/C4H4O5.K/c5-3(6)1-2(9-1)4(7)8;/h1-2H,(H,5,6)(H,7,8);/q;+1/p-1/t1-,2+;. The van der Waals surface area contributed by atoms with Crippen molar-refractivity contribution in [2.75, 3.05) is 0 Å². The minimum Gasteiger partial charge on any atom is -0.547 e. The Hall–Kier alpha value is 0.536. The summed E-state index contributed by atoms with van der Waals surface area (Å²) >= 11 is 0. The smallest absolute Gasteiger partial charge is 0.547 e. The van der Waals surface area contributed by atoms with Crippen LogP contribution >= 0.6 is 0 Å². The minimum atomic E-state index is -1.47. The second kappa shape index (κ2) is 3.79. The Labute approximate surface area is 98.8 Å².